The minimum absolute atomic E-state index is 0.439. The molecule has 0 radical (unpaired) electrons. The van der Waals surface area contributed by atoms with Gasteiger partial charge in [0.25, 0.3) is 0 Å². The zero-order valence-electron chi connectivity index (χ0n) is 14.5. The summed E-state index contributed by atoms with van der Waals surface area (Å²) in [6, 6.07) is 8.54. The molecule has 0 aliphatic carbocycles. The summed E-state index contributed by atoms with van der Waals surface area (Å²) in [6.07, 6.45) is 0.871. The van der Waals surface area contributed by atoms with E-state index in [1.54, 1.807) is 0 Å². The van der Waals surface area contributed by atoms with E-state index in [1.807, 2.05) is 12.1 Å². The number of H-pyrrole nitrogens is 1. The third kappa shape index (κ3) is 3.16. The van der Waals surface area contributed by atoms with Crippen molar-refractivity contribution in [3.05, 3.63) is 46.6 Å². The number of hydrogen-bond donors (Lipinski definition) is 1. The topological polar surface area (TPSA) is 32.9 Å². The minimum atomic E-state index is 0.439. The summed E-state index contributed by atoms with van der Waals surface area (Å²) < 4.78 is 0. The van der Waals surface area contributed by atoms with Crippen molar-refractivity contribution in [2.45, 2.75) is 59.3 Å². The van der Waals surface area contributed by atoms with Crippen molar-refractivity contribution >= 4 is 6.29 Å². The molecule has 1 aromatic heterocycles. The lowest BCUT2D eigenvalue weighted by Gasteiger charge is -2.22. The molecule has 0 saturated carbocycles. The number of carbonyl (C=O) groups is 1. The Kier molecular flexibility index (Phi) is 4.90. The van der Waals surface area contributed by atoms with Gasteiger partial charge in [-0.3, -0.25) is 4.79 Å². The number of aromatic nitrogens is 1. The Morgan fingerprint density at radius 3 is 1.77 bits per heavy atom. The summed E-state index contributed by atoms with van der Waals surface area (Å²) in [5, 5.41) is 0. The van der Waals surface area contributed by atoms with E-state index >= 15 is 0 Å². The van der Waals surface area contributed by atoms with E-state index in [9.17, 15) is 4.79 Å². The molecule has 1 N–H and O–H groups in total. The normalized spacial score (nSPS) is 11.7. The molecule has 0 fully saturated rings. The van der Waals surface area contributed by atoms with Crippen LogP contribution >= 0.6 is 0 Å². The Bertz CT molecular complexity index is 633. The minimum Gasteiger partial charge on any atom is -0.352 e. The molecule has 0 atom stereocenters. The van der Waals surface area contributed by atoms with Crippen LogP contribution in [0.15, 0.2) is 24.3 Å². The highest BCUT2D eigenvalue weighted by Gasteiger charge is 2.19. The van der Waals surface area contributed by atoms with Crippen LogP contribution in [0.3, 0.4) is 0 Å². The first-order valence-electron chi connectivity index (χ1n) is 8.17. The second-order valence-corrected chi connectivity index (χ2v) is 6.98. The Hall–Kier alpha value is -1.83. The van der Waals surface area contributed by atoms with Gasteiger partial charge in [0.1, 0.15) is 0 Å². The molecule has 0 bridgehead atoms. The molecule has 0 aliphatic heterocycles. The summed E-state index contributed by atoms with van der Waals surface area (Å²) in [5.41, 5.74) is 7.04. The number of carbonyl (C=O) groups excluding carboxylic acids is 1. The average Bonchev–Trinajstić information content (AvgIpc) is 2.94. The van der Waals surface area contributed by atoms with Crippen LogP contribution in [-0.2, 0) is 0 Å². The van der Waals surface area contributed by atoms with E-state index < -0.39 is 0 Å². The van der Waals surface area contributed by atoms with Crippen molar-refractivity contribution < 1.29 is 4.79 Å². The third-order valence-electron chi connectivity index (χ3n) is 4.24. The second-order valence-electron chi connectivity index (χ2n) is 6.98. The van der Waals surface area contributed by atoms with Crippen molar-refractivity contribution in [2.24, 2.45) is 0 Å². The molecular weight excluding hydrogens is 270 g/mol. The Labute approximate surface area is 134 Å². The summed E-state index contributed by atoms with van der Waals surface area (Å²) in [4.78, 5) is 14.3. The zero-order chi connectivity index (χ0) is 16.4. The molecule has 2 nitrogen and oxygen atoms in total. The van der Waals surface area contributed by atoms with E-state index in [0.29, 0.717) is 23.4 Å². The first-order valence-corrected chi connectivity index (χ1v) is 8.17. The predicted octanol–water partition coefficient (Wildman–Crippen LogP) is 5.86. The van der Waals surface area contributed by atoms with Crippen molar-refractivity contribution in [1.82, 2.24) is 4.98 Å². The molecular formula is C20H27NO. The van der Waals surface area contributed by atoms with Crippen molar-refractivity contribution in [2.75, 3.05) is 0 Å². The molecule has 2 aromatic rings. The quantitative estimate of drug-likeness (QED) is 0.688. The van der Waals surface area contributed by atoms with Crippen LogP contribution in [0.25, 0.3) is 11.3 Å². The molecule has 0 aliphatic rings. The number of benzene rings is 1. The molecule has 0 amide bonds. The number of nitrogens with one attached hydrogen (secondary N) is 1. The number of aromatic amines is 1. The van der Waals surface area contributed by atoms with Crippen LogP contribution in [0.2, 0.25) is 0 Å². The van der Waals surface area contributed by atoms with Gasteiger partial charge < -0.3 is 4.98 Å². The van der Waals surface area contributed by atoms with Crippen molar-refractivity contribution in [3.8, 4) is 11.3 Å². The summed E-state index contributed by atoms with van der Waals surface area (Å²) in [5.74, 6) is 1.39. The molecule has 1 heterocycles. The van der Waals surface area contributed by atoms with Crippen LogP contribution in [-0.4, -0.2) is 11.3 Å². The molecule has 0 unspecified atom stereocenters. The maximum atomic E-state index is 11.0. The molecule has 2 heteroatoms. The third-order valence-corrected chi connectivity index (χ3v) is 4.24. The highest BCUT2D eigenvalue weighted by Crippen LogP contribution is 2.38. The van der Waals surface area contributed by atoms with Gasteiger partial charge in [0.15, 0.2) is 6.29 Å². The summed E-state index contributed by atoms with van der Waals surface area (Å²) in [7, 11) is 0. The van der Waals surface area contributed by atoms with Gasteiger partial charge in [-0.2, -0.15) is 0 Å². The molecule has 1 aromatic carbocycles. The zero-order valence-corrected chi connectivity index (χ0v) is 14.5. The fourth-order valence-electron chi connectivity index (χ4n) is 2.89. The summed E-state index contributed by atoms with van der Waals surface area (Å²) >= 11 is 0. The summed E-state index contributed by atoms with van der Waals surface area (Å²) in [6.45, 7) is 13.4. The van der Waals surface area contributed by atoms with Gasteiger partial charge in [0.2, 0.25) is 0 Å². The standard InChI is InChI=1S/C20H27NO/c1-12(2)15-9-17(13(3)4)20(18(10-15)14(5)6)19-8-7-16(11-22)21-19/h7-14,21H,1-6H3. The van der Waals surface area contributed by atoms with Crippen LogP contribution < -0.4 is 0 Å². The lowest BCUT2D eigenvalue weighted by atomic mass is 9.83. The predicted molar refractivity (Wildman–Crippen MR) is 93.9 cm³/mol. The fourth-order valence-corrected chi connectivity index (χ4v) is 2.89. The van der Waals surface area contributed by atoms with Crippen LogP contribution in [0.4, 0.5) is 0 Å². The highest BCUT2D eigenvalue weighted by atomic mass is 16.1. The van der Waals surface area contributed by atoms with E-state index in [-0.39, 0.29) is 0 Å². The maximum absolute atomic E-state index is 11.0. The van der Waals surface area contributed by atoms with E-state index in [0.717, 1.165) is 12.0 Å². The van der Waals surface area contributed by atoms with Gasteiger partial charge in [0.05, 0.1) is 5.69 Å². The molecule has 118 valence electrons. The Morgan fingerprint density at radius 1 is 0.864 bits per heavy atom. The molecule has 0 spiro atoms. The van der Waals surface area contributed by atoms with E-state index in [2.05, 4.69) is 58.7 Å². The van der Waals surface area contributed by atoms with Gasteiger partial charge in [-0.25, -0.2) is 0 Å². The largest absolute Gasteiger partial charge is 0.352 e. The van der Waals surface area contributed by atoms with Crippen LogP contribution in [0.1, 0.15) is 86.5 Å². The Morgan fingerprint density at radius 2 is 1.41 bits per heavy atom. The number of aldehydes is 1. The lowest BCUT2D eigenvalue weighted by Crippen LogP contribution is -2.03. The lowest BCUT2D eigenvalue weighted by molar-refractivity contribution is 0.111. The average molecular weight is 297 g/mol. The van der Waals surface area contributed by atoms with Gasteiger partial charge in [-0.05, 0) is 46.6 Å². The number of hydrogen-bond acceptors (Lipinski definition) is 1. The van der Waals surface area contributed by atoms with Gasteiger partial charge >= 0.3 is 0 Å². The molecule has 2 rings (SSSR count). The highest BCUT2D eigenvalue weighted by molar-refractivity contribution is 5.77. The van der Waals surface area contributed by atoms with Crippen molar-refractivity contribution in [1.29, 1.82) is 0 Å². The van der Waals surface area contributed by atoms with Crippen molar-refractivity contribution in [3.63, 3.8) is 0 Å². The maximum Gasteiger partial charge on any atom is 0.166 e. The SMILES string of the molecule is CC(C)c1cc(C(C)C)c(-c2ccc(C=O)[nH]2)c(C(C)C)c1. The molecule has 0 saturated heterocycles. The monoisotopic (exact) mass is 297 g/mol. The second kappa shape index (κ2) is 6.51. The first-order chi connectivity index (χ1) is 10.3. The number of rotatable bonds is 5. The van der Waals surface area contributed by atoms with Crippen LogP contribution in [0, 0.1) is 0 Å². The van der Waals surface area contributed by atoms with Gasteiger partial charge in [-0.15, -0.1) is 0 Å². The van der Waals surface area contributed by atoms with Gasteiger partial charge in [0, 0.05) is 11.3 Å². The Balaban J connectivity index is 2.75. The van der Waals surface area contributed by atoms with Crippen LogP contribution in [0.5, 0.6) is 0 Å². The first kappa shape index (κ1) is 16.5. The molecule has 22 heavy (non-hydrogen) atoms. The van der Waals surface area contributed by atoms with Gasteiger partial charge in [-0.1, -0.05) is 53.7 Å². The fraction of sp³-hybridized carbons (Fsp3) is 0.450. The van der Waals surface area contributed by atoms with E-state index in [4.69, 9.17) is 0 Å². The van der Waals surface area contributed by atoms with E-state index in [1.165, 1.54) is 22.3 Å². The smallest absolute Gasteiger partial charge is 0.166 e.